The molecule has 0 aliphatic rings. The maximum absolute atomic E-state index is 4.25. The summed E-state index contributed by atoms with van der Waals surface area (Å²) in [5.41, 5.74) is 3.41. The molecule has 1 aromatic heterocycles. The third-order valence-corrected chi connectivity index (χ3v) is 3.44. The van der Waals surface area contributed by atoms with Crippen LogP contribution in [0.2, 0.25) is 0 Å². The second-order valence-electron chi connectivity index (χ2n) is 5.14. The van der Waals surface area contributed by atoms with E-state index in [1.807, 2.05) is 78.2 Å². The highest BCUT2D eigenvalue weighted by Crippen LogP contribution is 2.24. The van der Waals surface area contributed by atoms with Gasteiger partial charge in [-0.2, -0.15) is 10.2 Å². The predicted molar refractivity (Wildman–Crippen MR) is 96.8 cm³/mol. The number of hydrogen-bond donors (Lipinski definition) is 0. The van der Waals surface area contributed by atoms with Crippen LogP contribution in [-0.2, 0) is 0 Å². The van der Waals surface area contributed by atoms with E-state index in [9.17, 15) is 0 Å². The number of aromatic nitrogens is 1. The summed E-state index contributed by atoms with van der Waals surface area (Å²) in [6.07, 6.45) is 1.72. The molecule has 0 spiro atoms. The number of hydrogen-bond acceptors (Lipinski definition) is 4. The summed E-state index contributed by atoms with van der Waals surface area (Å²) in [4.78, 5) is 0. The molecule has 0 saturated carbocycles. The zero-order valence-corrected chi connectivity index (χ0v) is 13.4. The van der Waals surface area contributed by atoms with Crippen LogP contribution in [0.1, 0.15) is 5.69 Å². The first kappa shape index (κ1) is 15.6. The number of azo groups is 2. The molecule has 0 saturated heterocycles. The lowest BCUT2D eigenvalue weighted by Gasteiger charge is -1.99. The average molecular weight is 315 g/mol. The molecule has 0 unspecified atom stereocenters. The third-order valence-electron chi connectivity index (χ3n) is 3.44. The minimum Gasteiger partial charge on any atom is -0.305 e. The topological polar surface area (TPSA) is 54.4 Å². The average Bonchev–Trinajstić information content (AvgIpc) is 2.99. The van der Waals surface area contributed by atoms with Gasteiger partial charge in [0.25, 0.3) is 0 Å². The van der Waals surface area contributed by atoms with Crippen LogP contribution in [0.25, 0.3) is 6.20 Å². The van der Waals surface area contributed by atoms with Gasteiger partial charge < -0.3 is 4.57 Å². The first-order valence-electron chi connectivity index (χ1n) is 7.55. The molecule has 0 bridgehead atoms. The predicted octanol–water partition coefficient (Wildman–Crippen LogP) is 6.73. The van der Waals surface area contributed by atoms with E-state index in [1.54, 1.807) is 6.20 Å². The number of aryl methyl sites for hydroxylation is 1. The lowest BCUT2D eigenvalue weighted by atomic mass is 10.3. The quantitative estimate of drug-likeness (QED) is 0.469. The van der Waals surface area contributed by atoms with Gasteiger partial charge in [0.2, 0.25) is 0 Å². The zero-order chi connectivity index (χ0) is 16.8. The molecule has 0 N–H and O–H groups in total. The molecule has 0 radical (unpaired) electrons. The van der Waals surface area contributed by atoms with Gasteiger partial charge in [0.05, 0.1) is 17.1 Å². The Morgan fingerprint density at radius 3 is 1.83 bits per heavy atom. The molecule has 5 nitrogen and oxygen atoms in total. The van der Waals surface area contributed by atoms with Crippen molar-refractivity contribution in [3.63, 3.8) is 0 Å². The Kier molecular flexibility index (Phi) is 4.72. The molecular weight excluding hydrogens is 298 g/mol. The third kappa shape index (κ3) is 3.70. The lowest BCUT2D eigenvalue weighted by Crippen LogP contribution is -1.85. The van der Waals surface area contributed by atoms with Gasteiger partial charge in [-0.3, -0.25) is 0 Å². The Morgan fingerprint density at radius 1 is 0.708 bits per heavy atom. The molecule has 0 atom stereocenters. The summed E-state index contributed by atoms with van der Waals surface area (Å²) < 4.78 is 1.88. The summed E-state index contributed by atoms with van der Waals surface area (Å²) in [6.45, 7) is 5.77. The van der Waals surface area contributed by atoms with Crippen LogP contribution in [0.15, 0.2) is 93.8 Å². The Bertz CT molecular complexity index is 874. The number of nitrogens with zero attached hydrogens (tertiary/aromatic N) is 5. The highest BCUT2D eigenvalue weighted by molar-refractivity contribution is 5.48. The molecule has 0 amide bonds. The molecule has 1 heterocycles. The maximum atomic E-state index is 4.25. The first-order valence-corrected chi connectivity index (χ1v) is 7.55. The molecule has 2 aromatic carbocycles. The van der Waals surface area contributed by atoms with Gasteiger partial charge in [0.1, 0.15) is 0 Å². The Balaban J connectivity index is 1.71. The first-order chi connectivity index (χ1) is 11.8. The van der Waals surface area contributed by atoms with E-state index in [0.29, 0.717) is 0 Å². The number of rotatable bonds is 5. The SMILES string of the molecule is C=Cn1c(C)ccc1N=Nc1ccc(N=Nc2ccccc2)cc1. The minimum absolute atomic E-state index is 0.746. The molecular formula is C19H17N5. The van der Waals surface area contributed by atoms with Crippen LogP contribution >= 0.6 is 0 Å². The fourth-order valence-electron chi connectivity index (χ4n) is 2.16. The Hall–Kier alpha value is -3.34. The minimum atomic E-state index is 0.746. The van der Waals surface area contributed by atoms with Crippen molar-refractivity contribution in [2.75, 3.05) is 0 Å². The monoisotopic (exact) mass is 315 g/mol. The summed E-state index contributed by atoms with van der Waals surface area (Å²) in [7, 11) is 0. The molecule has 118 valence electrons. The van der Waals surface area contributed by atoms with E-state index in [4.69, 9.17) is 0 Å². The van der Waals surface area contributed by atoms with Gasteiger partial charge in [-0.05, 0) is 55.5 Å². The zero-order valence-electron chi connectivity index (χ0n) is 13.4. The highest BCUT2D eigenvalue weighted by atomic mass is 15.2. The molecule has 0 aliphatic carbocycles. The smallest absolute Gasteiger partial charge is 0.159 e. The second kappa shape index (κ2) is 7.28. The van der Waals surface area contributed by atoms with E-state index in [2.05, 4.69) is 27.0 Å². The molecule has 0 aliphatic heterocycles. The van der Waals surface area contributed by atoms with Crippen molar-refractivity contribution in [3.8, 4) is 0 Å². The maximum Gasteiger partial charge on any atom is 0.159 e. The standard InChI is InChI=1S/C19H17N5/c1-3-24-15(2)9-14-19(24)23-22-18-12-10-17(11-13-18)21-20-16-7-5-4-6-8-16/h3-14H,1H2,2H3. The van der Waals surface area contributed by atoms with Crippen molar-refractivity contribution in [2.45, 2.75) is 6.92 Å². The van der Waals surface area contributed by atoms with E-state index < -0.39 is 0 Å². The van der Waals surface area contributed by atoms with Gasteiger partial charge in [0.15, 0.2) is 5.82 Å². The number of benzene rings is 2. The van der Waals surface area contributed by atoms with Gasteiger partial charge in [0, 0.05) is 11.9 Å². The summed E-state index contributed by atoms with van der Waals surface area (Å²) >= 11 is 0. The summed E-state index contributed by atoms with van der Waals surface area (Å²) in [5.74, 6) is 0.746. The molecule has 24 heavy (non-hydrogen) atoms. The summed E-state index contributed by atoms with van der Waals surface area (Å²) in [6, 6.07) is 20.9. The van der Waals surface area contributed by atoms with Crippen LogP contribution < -0.4 is 0 Å². The van der Waals surface area contributed by atoms with Crippen LogP contribution in [0, 0.1) is 6.92 Å². The van der Waals surface area contributed by atoms with Gasteiger partial charge in [-0.25, -0.2) is 0 Å². The van der Waals surface area contributed by atoms with Crippen molar-refractivity contribution in [1.82, 2.24) is 4.57 Å². The molecule has 3 aromatic rings. The fourth-order valence-corrected chi connectivity index (χ4v) is 2.16. The molecule has 5 heteroatoms. The van der Waals surface area contributed by atoms with E-state index >= 15 is 0 Å². The normalized spacial score (nSPS) is 11.4. The lowest BCUT2D eigenvalue weighted by molar-refractivity contribution is 1.04. The van der Waals surface area contributed by atoms with Crippen LogP contribution in [0.4, 0.5) is 22.9 Å². The highest BCUT2D eigenvalue weighted by Gasteiger charge is 2.00. The van der Waals surface area contributed by atoms with Crippen LogP contribution in [0.3, 0.4) is 0 Å². The van der Waals surface area contributed by atoms with E-state index in [0.717, 1.165) is 28.6 Å². The largest absolute Gasteiger partial charge is 0.305 e. The van der Waals surface area contributed by atoms with E-state index in [1.165, 1.54) is 0 Å². The van der Waals surface area contributed by atoms with Crippen molar-refractivity contribution in [3.05, 3.63) is 79.0 Å². The van der Waals surface area contributed by atoms with Gasteiger partial charge in [-0.15, -0.1) is 10.2 Å². The van der Waals surface area contributed by atoms with Gasteiger partial charge in [-0.1, -0.05) is 24.8 Å². The van der Waals surface area contributed by atoms with Crippen LogP contribution in [0.5, 0.6) is 0 Å². The Labute approximate surface area is 140 Å². The molecule has 0 fully saturated rings. The Morgan fingerprint density at radius 2 is 1.25 bits per heavy atom. The van der Waals surface area contributed by atoms with Crippen LogP contribution in [-0.4, -0.2) is 4.57 Å². The van der Waals surface area contributed by atoms with Crippen molar-refractivity contribution < 1.29 is 0 Å². The van der Waals surface area contributed by atoms with E-state index in [-0.39, 0.29) is 0 Å². The molecule has 3 rings (SSSR count). The van der Waals surface area contributed by atoms with Crippen molar-refractivity contribution in [2.24, 2.45) is 20.5 Å². The van der Waals surface area contributed by atoms with Gasteiger partial charge >= 0.3 is 0 Å². The van der Waals surface area contributed by atoms with Crippen molar-refractivity contribution in [1.29, 1.82) is 0 Å². The van der Waals surface area contributed by atoms with Crippen molar-refractivity contribution >= 4 is 29.1 Å². The summed E-state index contributed by atoms with van der Waals surface area (Å²) in [5, 5.41) is 16.9. The fraction of sp³-hybridized carbons (Fsp3) is 0.0526. The second-order valence-corrected chi connectivity index (χ2v) is 5.14.